The minimum atomic E-state index is 0.277. The Morgan fingerprint density at radius 2 is 1.88 bits per heavy atom. The molecule has 1 aliphatic heterocycles. The third-order valence-corrected chi connectivity index (χ3v) is 7.13. The van der Waals surface area contributed by atoms with E-state index in [0.717, 1.165) is 17.8 Å². The number of hydrogen-bond donors (Lipinski definition) is 0. The average Bonchev–Trinajstić information content (AvgIpc) is 2.73. The molecule has 1 nitrogen and oxygen atoms in total. The van der Waals surface area contributed by atoms with Gasteiger partial charge in [0.25, 0.3) is 0 Å². The van der Waals surface area contributed by atoms with E-state index in [1.165, 1.54) is 25.7 Å². The number of rotatable bonds is 1. The van der Waals surface area contributed by atoms with Crippen LogP contribution in [0.1, 0.15) is 53.4 Å². The number of epoxide rings is 1. The van der Waals surface area contributed by atoms with Gasteiger partial charge in [-0.25, -0.2) is 0 Å². The topological polar surface area (TPSA) is 12.5 Å². The van der Waals surface area contributed by atoms with Crippen LogP contribution in [0.4, 0.5) is 0 Å². The van der Waals surface area contributed by atoms with Gasteiger partial charge in [-0.3, -0.25) is 0 Å². The molecule has 3 aliphatic carbocycles. The molecule has 0 unspecified atom stereocenters. The predicted octanol–water partition coefficient (Wildman–Crippen LogP) is 3.63. The SMILES string of the molecule is CC(C)[C@@]12CC[C@@]3(C)C[C@H]1[C@@]1(C)O[C@@H]1C[C@@H]32. The zero-order valence-corrected chi connectivity index (χ0v) is 11.0. The summed E-state index contributed by atoms with van der Waals surface area (Å²) in [5.74, 6) is 2.67. The van der Waals surface area contributed by atoms with Crippen molar-refractivity contribution >= 4 is 0 Å². The van der Waals surface area contributed by atoms with Crippen molar-refractivity contribution in [2.24, 2.45) is 28.6 Å². The molecule has 1 heterocycles. The Kier molecular flexibility index (Phi) is 1.48. The summed E-state index contributed by atoms with van der Waals surface area (Å²) in [5, 5.41) is 0. The van der Waals surface area contributed by atoms with Crippen molar-refractivity contribution in [3.63, 3.8) is 0 Å². The standard InChI is InChI=1S/C15H24O/c1-9(2)15-6-5-13(3)8-11(15)14(4)12(16-14)7-10(13)15/h9-12H,5-8H2,1-4H3/t10-,11-,12+,13-,14+,15+/m0/s1. The third-order valence-electron chi connectivity index (χ3n) is 7.13. The highest BCUT2D eigenvalue weighted by molar-refractivity contribution is 5.26. The maximum atomic E-state index is 6.07. The number of hydrogen-bond acceptors (Lipinski definition) is 1. The first kappa shape index (κ1) is 9.94. The van der Waals surface area contributed by atoms with Gasteiger partial charge in [-0.2, -0.15) is 0 Å². The summed E-state index contributed by atoms with van der Waals surface area (Å²) in [6.07, 6.45) is 6.39. The quantitative estimate of drug-likeness (QED) is 0.615. The van der Waals surface area contributed by atoms with Crippen LogP contribution >= 0.6 is 0 Å². The lowest BCUT2D eigenvalue weighted by atomic mass is 9.56. The lowest BCUT2D eigenvalue weighted by Gasteiger charge is -2.46. The molecule has 4 fully saturated rings. The normalized spacial score (nSPS) is 66.2. The van der Waals surface area contributed by atoms with Gasteiger partial charge in [-0.05, 0) is 61.2 Å². The van der Waals surface area contributed by atoms with Crippen molar-refractivity contribution in [1.29, 1.82) is 0 Å². The van der Waals surface area contributed by atoms with E-state index in [1.54, 1.807) is 0 Å². The van der Waals surface area contributed by atoms with Crippen LogP contribution in [0.2, 0.25) is 0 Å². The first-order valence-electron chi connectivity index (χ1n) is 7.11. The van der Waals surface area contributed by atoms with Gasteiger partial charge in [0, 0.05) is 0 Å². The number of ether oxygens (including phenoxy) is 1. The van der Waals surface area contributed by atoms with E-state index in [0.29, 0.717) is 16.9 Å². The summed E-state index contributed by atoms with van der Waals surface area (Å²) < 4.78 is 6.07. The molecule has 1 saturated heterocycles. The van der Waals surface area contributed by atoms with Gasteiger partial charge >= 0.3 is 0 Å². The van der Waals surface area contributed by atoms with Crippen LogP contribution in [-0.2, 0) is 4.74 Å². The molecule has 0 amide bonds. The van der Waals surface area contributed by atoms with Crippen LogP contribution in [0.15, 0.2) is 0 Å². The molecule has 0 aromatic heterocycles. The second kappa shape index (κ2) is 2.39. The van der Waals surface area contributed by atoms with Crippen LogP contribution in [0, 0.1) is 28.6 Å². The van der Waals surface area contributed by atoms with Gasteiger partial charge in [-0.15, -0.1) is 0 Å². The first-order chi connectivity index (χ1) is 7.43. The maximum absolute atomic E-state index is 6.07. The van der Waals surface area contributed by atoms with Gasteiger partial charge in [0.15, 0.2) is 0 Å². The third kappa shape index (κ3) is 0.776. The summed E-state index contributed by atoms with van der Waals surface area (Å²) in [4.78, 5) is 0. The van der Waals surface area contributed by atoms with Crippen molar-refractivity contribution in [2.45, 2.75) is 65.1 Å². The fourth-order valence-electron chi connectivity index (χ4n) is 6.23. The molecular weight excluding hydrogens is 196 g/mol. The molecule has 0 aromatic carbocycles. The van der Waals surface area contributed by atoms with Crippen molar-refractivity contribution in [2.75, 3.05) is 0 Å². The molecule has 4 bridgehead atoms. The Hall–Kier alpha value is -0.0400. The van der Waals surface area contributed by atoms with Gasteiger partial charge in [-0.1, -0.05) is 20.8 Å². The molecule has 4 rings (SSSR count). The fourth-order valence-corrected chi connectivity index (χ4v) is 6.23. The fraction of sp³-hybridized carbons (Fsp3) is 1.00. The van der Waals surface area contributed by atoms with Crippen LogP contribution in [-0.4, -0.2) is 11.7 Å². The molecule has 3 saturated carbocycles. The molecule has 16 heavy (non-hydrogen) atoms. The Labute approximate surface area is 98.9 Å². The van der Waals surface area contributed by atoms with E-state index < -0.39 is 0 Å². The molecule has 0 radical (unpaired) electrons. The maximum Gasteiger partial charge on any atom is 0.0954 e. The van der Waals surface area contributed by atoms with Crippen molar-refractivity contribution in [3.8, 4) is 0 Å². The minimum absolute atomic E-state index is 0.277. The second-order valence-corrected chi connectivity index (χ2v) is 7.76. The van der Waals surface area contributed by atoms with E-state index in [4.69, 9.17) is 4.74 Å². The van der Waals surface area contributed by atoms with Crippen molar-refractivity contribution in [1.82, 2.24) is 0 Å². The molecule has 90 valence electrons. The monoisotopic (exact) mass is 220 g/mol. The Balaban J connectivity index is 1.87. The average molecular weight is 220 g/mol. The Bertz CT molecular complexity index is 362. The van der Waals surface area contributed by atoms with Crippen molar-refractivity contribution < 1.29 is 4.74 Å². The largest absolute Gasteiger partial charge is 0.366 e. The molecule has 0 N–H and O–H groups in total. The zero-order valence-electron chi connectivity index (χ0n) is 11.0. The van der Waals surface area contributed by atoms with E-state index in [-0.39, 0.29) is 5.60 Å². The summed E-state index contributed by atoms with van der Waals surface area (Å²) in [6.45, 7) is 9.88. The van der Waals surface area contributed by atoms with Gasteiger partial charge in [0.05, 0.1) is 11.7 Å². The molecule has 6 atom stereocenters. The Morgan fingerprint density at radius 1 is 1.12 bits per heavy atom. The molecular formula is C15H24O. The summed E-state index contributed by atoms with van der Waals surface area (Å²) in [5.41, 5.74) is 1.57. The van der Waals surface area contributed by atoms with E-state index >= 15 is 0 Å². The van der Waals surface area contributed by atoms with Crippen LogP contribution < -0.4 is 0 Å². The lowest BCUT2D eigenvalue weighted by molar-refractivity contribution is 0.0177. The van der Waals surface area contributed by atoms with E-state index in [1.807, 2.05) is 0 Å². The summed E-state index contributed by atoms with van der Waals surface area (Å²) in [7, 11) is 0. The minimum Gasteiger partial charge on any atom is -0.366 e. The van der Waals surface area contributed by atoms with Gasteiger partial charge in [0.1, 0.15) is 0 Å². The van der Waals surface area contributed by atoms with E-state index in [9.17, 15) is 0 Å². The number of fused-ring (bicyclic) bond motifs is 2. The highest BCUT2D eigenvalue weighted by Gasteiger charge is 2.78. The van der Waals surface area contributed by atoms with Gasteiger partial charge in [0.2, 0.25) is 0 Å². The van der Waals surface area contributed by atoms with E-state index in [2.05, 4.69) is 27.7 Å². The Morgan fingerprint density at radius 3 is 2.56 bits per heavy atom. The smallest absolute Gasteiger partial charge is 0.0954 e. The molecule has 0 spiro atoms. The molecule has 0 aromatic rings. The zero-order chi connectivity index (χ0) is 11.3. The van der Waals surface area contributed by atoms with Crippen LogP contribution in [0.5, 0.6) is 0 Å². The summed E-state index contributed by atoms with van der Waals surface area (Å²) >= 11 is 0. The lowest BCUT2D eigenvalue weighted by Crippen LogP contribution is -2.46. The summed E-state index contributed by atoms with van der Waals surface area (Å²) in [6, 6.07) is 0. The van der Waals surface area contributed by atoms with Crippen LogP contribution in [0.25, 0.3) is 0 Å². The van der Waals surface area contributed by atoms with Crippen molar-refractivity contribution in [3.05, 3.63) is 0 Å². The molecule has 4 aliphatic rings. The molecule has 1 heteroatoms. The second-order valence-electron chi connectivity index (χ2n) is 7.76. The highest BCUT2D eigenvalue weighted by Crippen LogP contribution is 2.79. The highest BCUT2D eigenvalue weighted by atomic mass is 16.6. The van der Waals surface area contributed by atoms with Gasteiger partial charge < -0.3 is 4.74 Å². The first-order valence-corrected chi connectivity index (χ1v) is 7.11. The predicted molar refractivity (Wildman–Crippen MR) is 64.1 cm³/mol. The van der Waals surface area contributed by atoms with Crippen LogP contribution in [0.3, 0.4) is 0 Å².